The largest absolute Gasteiger partial charge is 0.493 e. The number of carbonyl (C=O) groups is 2. The smallest absolute Gasteiger partial charge is 0.328 e. The van der Waals surface area contributed by atoms with Crippen molar-refractivity contribution < 1.29 is 19.1 Å². The third kappa shape index (κ3) is 8.41. The summed E-state index contributed by atoms with van der Waals surface area (Å²) in [6, 6.07) is 17.1. The third-order valence-electron chi connectivity index (χ3n) is 7.02. The van der Waals surface area contributed by atoms with E-state index in [1.165, 1.54) is 39.2 Å². The minimum absolute atomic E-state index is 0.135. The van der Waals surface area contributed by atoms with Crippen molar-refractivity contribution in [2.24, 2.45) is 17.3 Å². The van der Waals surface area contributed by atoms with Crippen LogP contribution in [0.15, 0.2) is 54.6 Å². The van der Waals surface area contributed by atoms with Crippen LogP contribution in [-0.4, -0.2) is 31.6 Å². The number of benzene rings is 2. The van der Waals surface area contributed by atoms with E-state index in [2.05, 4.69) is 26.1 Å². The van der Waals surface area contributed by atoms with E-state index in [0.717, 1.165) is 23.5 Å². The van der Waals surface area contributed by atoms with E-state index in [9.17, 15) is 9.59 Å². The summed E-state index contributed by atoms with van der Waals surface area (Å²) in [6.45, 7) is 6.92. The van der Waals surface area contributed by atoms with Crippen molar-refractivity contribution in [3.63, 3.8) is 0 Å². The predicted molar refractivity (Wildman–Crippen MR) is 139 cm³/mol. The molecule has 0 aromatic heterocycles. The zero-order chi connectivity index (χ0) is 25.3. The Kier molecular flexibility index (Phi) is 9.76. The molecule has 0 bridgehead atoms. The molecule has 1 saturated carbocycles. The van der Waals surface area contributed by atoms with Crippen molar-refractivity contribution >= 4 is 11.9 Å². The fourth-order valence-corrected chi connectivity index (χ4v) is 4.78. The lowest BCUT2D eigenvalue weighted by atomic mass is 9.76. The Morgan fingerprint density at radius 3 is 2.14 bits per heavy atom. The lowest BCUT2D eigenvalue weighted by Crippen LogP contribution is -2.48. The number of amides is 1. The number of ether oxygens (including phenoxy) is 2. The number of methoxy groups -OCH3 is 1. The number of carbonyl (C=O) groups excluding carboxylic acids is 2. The van der Waals surface area contributed by atoms with Crippen LogP contribution in [0.2, 0.25) is 0 Å². The molecule has 0 spiro atoms. The van der Waals surface area contributed by atoms with Gasteiger partial charge in [-0.15, -0.1) is 0 Å². The summed E-state index contributed by atoms with van der Waals surface area (Å²) in [4.78, 5) is 25.9. The van der Waals surface area contributed by atoms with Gasteiger partial charge >= 0.3 is 5.97 Å². The second-order valence-corrected chi connectivity index (χ2v) is 10.9. The molecule has 0 unspecified atom stereocenters. The molecule has 1 amide bonds. The van der Waals surface area contributed by atoms with Gasteiger partial charge in [-0.2, -0.15) is 0 Å². The normalized spacial score (nSPS) is 16.2. The van der Waals surface area contributed by atoms with Crippen molar-refractivity contribution in [3.8, 4) is 5.75 Å². The van der Waals surface area contributed by atoms with Crippen molar-refractivity contribution in [3.05, 3.63) is 65.7 Å². The summed E-state index contributed by atoms with van der Waals surface area (Å²) in [7, 11) is 1.36. The van der Waals surface area contributed by atoms with E-state index in [0.29, 0.717) is 18.8 Å². The fourth-order valence-electron chi connectivity index (χ4n) is 4.78. The SMILES string of the molecule is COC(=O)[C@H](Cc1ccc(OCC2CCCCC2)cc1)NC(=O)[C@@H](Cc1ccccc1)C(C)(C)C. The van der Waals surface area contributed by atoms with Gasteiger partial charge in [0.15, 0.2) is 0 Å². The molecule has 0 heterocycles. The molecule has 5 heteroatoms. The molecule has 0 saturated heterocycles. The molecule has 35 heavy (non-hydrogen) atoms. The van der Waals surface area contributed by atoms with Crippen molar-refractivity contribution in [1.82, 2.24) is 5.32 Å². The molecule has 1 N–H and O–H groups in total. The predicted octanol–water partition coefficient (Wildman–Crippen LogP) is 5.75. The highest BCUT2D eigenvalue weighted by Gasteiger charge is 2.34. The first-order chi connectivity index (χ1) is 16.8. The Morgan fingerprint density at radius 1 is 0.914 bits per heavy atom. The van der Waals surface area contributed by atoms with Crippen molar-refractivity contribution in [2.45, 2.75) is 71.8 Å². The topological polar surface area (TPSA) is 64.6 Å². The fraction of sp³-hybridized carbons (Fsp3) is 0.533. The van der Waals surface area contributed by atoms with Gasteiger partial charge < -0.3 is 14.8 Å². The van der Waals surface area contributed by atoms with Crippen LogP contribution < -0.4 is 10.1 Å². The quantitative estimate of drug-likeness (QED) is 0.441. The lowest BCUT2D eigenvalue weighted by Gasteiger charge is -2.31. The highest BCUT2D eigenvalue weighted by molar-refractivity contribution is 5.86. The second kappa shape index (κ2) is 12.8. The van der Waals surface area contributed by atoms with E-state index in [1.807, 2.05) is 54.6 Å². The molecule has 1 aliphatic carbocycles. The van der Waals surface area contributed by atoms with Crippen LogP contribution in [0.25, 0.3) is 0 Å². The van der Waals surface area contributed by atoms with E-state index >= 15 is 0 Å². The number of hydrogen-bond acceptors (Lipinski definition) is 4. The summed E-state index contributed by atoms with van der Waals surface area (Å²) >= 11 is 0. The summed E-state index contributed by atoms with van der Waals surface area (Å²) in [5.74, 6) is 0.628. The molecule has 0 radical (unpaired) electrons. The Hall–Kier alpha value is -2.82. The van der Waals surface area contributed by atoms with Gasteiger partial charge in [0.05, 0.1) is 13.7 Å². The van der Waals surface area contributed by atoms with E-state index in [1.54, 1.807) is 0 Å². The first kappa shape index (κ1) is 26.8. The van der Waals surface area contributed by atoms with Crippen LogP contribution in [0.3, 0.4) is 0 Å². The van der Waals surface area contributed by atoms with Crippen LogP contribution in [0, 0.1) is 17.3 Å². The van der Waals surface area contributed by atoms with Crippen LogP contribution in [0.1, 0.15) is 64.0 Å². The average molecular weight is 480 g/mol. The molecule has 5 nitrogen and oxygen atoms in total. The lowest BCUT2D eigenvalue weighted by molar-refractivity contribution is -0.146. The second-order valence-electron chi connectivity index (χ2n) is 10.9. The molecule has 2 atom stereocenters. The molecule has 1 fully saturated rings. The maximum atomic E-state index is 13.4. The average Bonchev–Trinajstić information content (AvgIpc) is 2.86. The maximum absolute atomic E-state index is 13.4. The molecular formula is C30H41NO4. The Bertz CT molecular complexity index is 927. The van der Waals surface area contributed by atoms with Gasteiger partial charge in [-0.3, -0.25) is 4.79 Å². The van der Waals surface area contributed by atoms with Gasteiger partial charge in [-0.25, -0.2) is 4.79 Å². The molecular weight excluding hydrogens is 438 g/mol. The van der Waals surface area contributed by atoms with E-state index < -0.39 is 12.0 Å². The zero-order valence-electron chi connectivity index (χ0n) is 21.7. The number of rotatable bonds is 10. The summed E-state index contributed by atoms with van der Waals surface area (Å²) in [5, 5.41) is 2.98. The summed E-state index contributed by atoms with van der Waals surface area (Å²) < 4.78 is 11.0. The van der Waals surface area contributed by atoms with Crippen LogP contribution in [-0.2, 0) is 27.2 Å². The first-order valence-corrected chi connectivity index (χ1v) is 12.9. The Morgan fingerprint density at radius 2 is 1.54 bits per heavy atom. The standard InChI is InChI=1S/C30H41NO4/c1-30(2,3)26(19-22-11-7-5-8-12-22)28(32)31-27(29(33)34-4)20-23-15-17-25(18-16-23)35-21-24-13-9-6-10-14-24/h5,7-8,11-12,15-18,24,26-27H,6,9-10,13-14,19-21H2,1-4H3,(H,31,32)/t26-,27+/m1/s1. The molecule has 0 aliphatic heterocycles. The Balaban J connectivity index is 1.63. The summed E-state index contributed by atoms with van der Waals surface area (Å²) in [6.07, 6.45) is 7.41. The highest BCUT2D eigenvalue weighted by atomic mass is 16.5. The van der Waals surface area contributed by atoms with Crippen molar-refractivity contribution in [1.29, 1.82) is 0 Å². The van der Waals surface area contributed by atoms with Gasteiger partial charge in [0.25, 0.3) is 0 Å². The van der Waals surface area contributed by atoms with Gasteiger partial charge in [0, 0.05) is 12.3 Å². The van der Waals surface area contributed by atoms with Gasteiger partial charge in [-0.1, -0.05) is 82.5 Å². The third-order valence-corrected chi connectivity index (χ3v) is 7.02. The molecule has 190 valence electrons. The number of hydrogen-bond donors (Lipinski definition) is 1. The number of esters is 1. The van der Waals surface area contributed by atoms with Crippen molar-refractivity contribution in [2.75, 3.05) is 13.7 Å². The van der Waals surface area contributed by atoms with Gasteiger partial charge in [0.1, 0.15) is 11.8 Å². The number of nitrogens with one attached hydrogen (secondary N) is 1. The zero-order valence-corrected chi connectivity index (χ0v) is 21.7. The highest BCUT2D eigenvalue weighted by Crippen LogP contribution is 2.30. The van der Waals surface area contributed by atoms with E-state index in [4.69, 9.17) is 9.47 Å². The Labute approximate surface area is 210 Å². The van der Waals surface area contributed by atoms with Gasteiger partial charge in [0.2, 0.25) is 5.91 Å². The minimum atomic E-state index is -0.748. The van der Waals surface area contributed by atoms with Crippen LogP contribution >= 0.6 is 0 Å². The first-order valence-electron chi connectivity index (χ1n) is 12.9. The molecule has 2 aromatic carbocycles. The summed E-state index contributed by atoms with van der Waals surface area (Å²) in [5.41, 5.74) is 1.78. The van der Waals surface area contributed by atoms with Crippen LogP contribution in [0.5, 0.6) is 5.75 Å². The minimum Gasteiger partial charge on any atom is -0.493 e. The molecule has 2 aromatic rings. The molecule has 3 rings (SSSR count). The van der Waals surface area contributed by atoms with E-state index in [-0.39, 0.29) is 17.2 Å². The van der Waals surface area contributed by atoms with Gasteiger partial charge in [-0.05, 0) is 53.9 Å². The maximum Gasteiger partial charge on any atom is 0.328 e. The van der Waals surface area contributed by atoms with Crippen LogP contribution in [0.4, 0.5) is 0 Å². The molecule has 1 aliphatic rings. The monoisotopic (exact) mass is 479 g/mol.